The topological polar surface area (TPSA) is 18.5 Å². The van der Waals surface area contributed by atoms with Crippen LogP contribution in [0.25, 0.3) is 0 Å². The van der Waals surface area contributed by atoms with E-state index in [9.17, 15) is 0 Å². The fraction of sp³-hybridized carbons (Fsp3) is 0.455. The van der Waals surface area contributed by atoms with E-state index in [1.54, 1.807) is 0 Å². The molecule has 2 aromatic rings. The Morgan fingerprint density at radius 1 is 0.760 bits per heavy atom. The van der Waals surface area contributed by atoms with Gasteiger partial charge in [0.2, 0.25) is 0 Å². The monoisotopic (exact) mass is 356 g/mol. The van der Waals surface area contributed by atoms with Gasteiger partial charge in [-0.2, -0.15) is 0 Å². The lowest BCUT2D eigenvalue weighted by molar-refractivity contribution is 0.0949. The smallest absolute Gasteiger partial charge is 0.261 e. The van der Waals surface area contributed by atoms with Gasteiger partial charge in [-0.25, -0.2) is 0 Å². The normalized spacial score (nSPS) is 12.3. The number of benzene rings is 2. The summed E-state index contributed by atoms with van der Waals surface area (Å²) in [5, 5.41) is 2.67. The fourth-order valence-electron chi connectivity index (χ4n) is 3.36. The maximum atomic E-state index is 6.76. The summed E-state index contributed by atoms with van der Waals surface area (Å²) in [5.74, 6) is 0. The van der Waals surface area contributed by atoms with Gasteiger partial charge in [-0.3, -0.25) is 0 Å². The number of ether oxygens (including phenoxy) is 1. The molecule has 0 amide bonds. The van der Waals surface area contributed by atoms with Crippen LogP contribution in [-0.4, -0.2) is 28.1 Å². The highest BCUT2D eigenvalue weighted by atomic mass is 28.4. The Morgan fingerprint density at radius 3 is 1.72 bits per heavy atom. The van der Waals surface area contributed by atoms with Crippen molar-refractivity contribution in [3.8, 4) is 0 Å². The molecular formula is C22H32O2Si. The summed E-state index contributed by atoms with van der Waals surface area (Å²) in [6, 6.07) is 21.5. The summed E-state index contributed by atoms with van der Waals surface area (Å²) < 4.78 is 12.5. The second-order valence-electron chi connectivity index (χ2n) is 7.48. The van der Waals surface area contributed by atoms with Crippen LogP contribution in [0.2, 0.25) is 5.04 Å². The van der Waals surface area contributed by atoms with Gasteiger partial charge in [0.15, 0.2) is 0 Å². The van der Waals surface area contributed by atoms with Gasteiger partial charge in [0.1, 0.15) is 0 Å². The molecule has 0 aliphatic rings. The van der Waals surface area contributed by atoms with E-state index in [0.29, 0.717) is 13.2 Å². The Hall–Kier alpha value is -1.42. The molecule has 136 valence electrons. The first-order chi connectivity index (χ1) is 12.0. The molecule has 0 spiro atoms. The quantitative estimate of drug-likeness (QED) is 0.490. The van der Waals surface area contributed by atoms with Crippen LogP contribution in [0.3, 0.4) is 0 Å². The van der Waals surface area contributed by atoms with Gasteiger partial charge in [0.25, 0.3) is 8.32 Å². The molecule has 3 heteroatoms. The third-order valence-corrected chi connectivity index (χ3v) is 9.65. The van der Waals surface area contributed by atoms with Gasteiger partial charge in [-0.1, -0.05) is 94.8 Å². The van der Waals surface area contributed by atoms with Crippen molar-refractivity contribution in [3.05, 3.63) is 60.7 Å². The first-order valence-corrected chi connectivity index (χ1v) is 11.3. The van der Waals surface area contributed by atoms with Gasteiger partial charge < -0.3 is 9.16 Å². The van der Waals surface area contributed by atoms with Gasteiger partial charge >= 0.3 is 0 Å². The third kappa shape index (κ3) is 4.81. The van der Waals surface area contributed by atoms with Crippen LogP contribution in [0, 0.1) is 0 Å². The minimum Gasteiger partial charge on any atom is -0.405 e. The lowest BCUT2D eigenvalue weighted by atomic mass is 10.2. The van der Waals surface area contributed by atoms with E-state index < -0.39 is 8.32 Å². The summed E-state index contributed by atoms with van der Waals surface area (Å²) in [5.41, 5.74) is 0. The highest BCUT2D eigenvalue weighted by molar-refractivity contribution is 6.99. The minimum atomic E-state index is -2.40. The maximum absolute atomic E-state index is 6.76. The van der Waals surface area contributed by atoms with Crippen LogP contribution in [0.4, 0.5) is 0 Å². The Bertz CT molecular complexity index is 565. The molecule has 2 nitrogen and oxygen atoms in total. The highest BCUT2D eigenvalue weighted by Crippen LogP contribution is 2.36. The second-order valence-corrected chi connectivity index (χ2v) is 11.8. The van der Waals surface area contributed by atoms with Crippen molar-refractivity contribution in [1.29, 1.82) is 0 Å². The SMILES string of the molecule is CCCCOCCO[Si](c1ccccc1)(c1ccccc1)C(C)(C)C. The van der Waals surface area contributed by atoms with Crippen molar-refractivity contribution in [2.45, 2.75) is 45.6 Å². The summed E-state index contributed by atoms with van der Waals surface area (Å²) in [6.07, 6.45) is 2.27. The van der Waals surface area contributed by atoms with E-state index in [1.165, 1.54) is 10.4 Å². The largest absolute Gasteiger partial charge is 0.405 e. The van der Waals surface area contributed by atoms with Gasteiger partial charge in [-0.15, -0.1) is 0 Å². The molecule has 0 heterocycles. The maximum Gasteiger partial charge on any atom is 0.261 e. The van der Waals surface area contributed by atoms with Crippen LogP contribution in [0.15, 0.2) is 60.7 Å². The predicted octanol–water partition coefficient (Wildman–Crippen LogP) is 4.38. The zero-order valence-electron chi connectivity index (χ0n) is 16.1. The van der Waals surface area contributed by atoms with Gasteiger partial charge in [0, 0.05) is 6.61 Å². The van der Waals surface area contributed by atoms with Crippen molar-refractivity contribution in [2.75, 3.05) is 19.8 Å². The van der Waals surface area contributed by atoms with E-state index in [0.717, 1.165) is 19.4 Å². The molecule has 2 aromatic carbocycles. The molecule has 0 radical (unpaired) electrons. The van der Waals surface area contributed by atoms with E-state index in [2.05, 4.69) is 88.4 Å². The number of rotatable bonds is 9. The molecule has 0 bridgehead atoms. The fourth-order valence-corrected chi connectivity index (χ4v) is 7.91. The molecule has 0 aromatic heterocycles. The highest BCUT2D eigenvalue weighted by Gasteiger charge is 2.49. The Labute approximate surface area is 154 Å². The van der Waals surface area contributed by atoms with E-state index in [1.807, 2.05) is 0 Å². The first kappa shape index (κ1) is 19.9. The molecule has 0 unspecified atom stereocenters. The molecule has 25 heavy (non-hydrogen) atoms. The van der Waals surface area contributed by atoms with Crippen molar-refractivity contribution in [3.63, 3.8) is 0 Å². The van der Waals surface area contributed by atoms with Crippen LogP contribution in [0.1, 0.15) is 40.5 Å². The molecule has 2 rings (SSSR count). The minimum absolute atomic E-state index is 0.0269. The van der Waals surface area contributed by atoms with Crippen LogP contribution < -0.4 is 10.4 Å². The third-order valence-electron chi connectivity index (χ3n) is 4.61. The van der Waals surface area contributed by atoms with E-state index in [-0.39, 0.29) is 5.04 Å². The van der Waals surface area contributed by atoms with Crippen molar-refractivity contribution < 1.29 is 9.16 Å². The van der Waals surface area contributed by atoms with E-state index >= 15 is 0 Å². The average Bonchev–Trinajstić information content (AvgIpc) is 2.62. The summed E-state index contributed by atoms with van der Waals surface area (Å²) in [6.45, 7) is 11.2. The molecular weight excluding hydrogens is 324 g/mol. The first-order valence-electron chi connectivity index (χ1n) is 9.35. The summed E-state index contributed by atoms with van der Waals surface area (Å²) >= 11 is 0. The van der Waals surface area contributed by atoms with Crippen molar-refractivity contribution in [1.82, 2.24) is 0 Å². The van der Waals surface area contributed by atoms with Gasteiger partial charge in [0.05, 0.1) is 13.2 Å². The zero-order valence-corrected chi connectivity index (χ0v) is 17.1. The Kier molecular flexibility index (Phi) is 7.42. The van der Waals surface area contributed by atoms with Crippen LogP contribution >= 0.6 is 0 Å². The molecule has 0 saturated heterocycles. The number of hydrogen-bond acceptors (Lipinski definition) is 2. The molecule has 0 N–H and O–H groups in total. The lowest BCUT2D eigenvalue weighted by Gasteiger charge is -2.43. The van der Waals surface area contributed by atoms with Crippen molar-refractivity contribution in [2.24, 2.45) is 0 Å². The summed E-state index contributed by atoms with van der Waals surface area (Å²) in [7, 11) is -2.40. The van der Waals surface area contributed by atoms with Crippen LogP contribution in [0.5, 0.6) is 0 Å². The standard InChI is InChI=1S/C22H32O2Si/c1-5-6-17-23-18-19-24-25(22(2,3)4,20-13-9-7-10-14-20)21-15-11-8-12-16-21/h7-16H,5-6,17-19H2,1-4H3. The van der Waals surface area contributed by atoms with Crippen molar-refractivity contribution >= 4 is 18.7 Å². The number of hydrogen-bond donors (Lipinski definition) is 0. The number of unbranched alkanes of at least 4 members (excludes halogenated alkanes) is 1. The average molecular weight is 357 g/mol. The molecule has 0 saturated carbocycles. The molecule has 0 aliphatic carbocycles. The summed E-state index contributed by atoms with van der Waals surface area (Å²) in [4.78, 5) is 0. The second kappa shape index (κ2) is 9.32. The Balaban J connectivity index is 2.33. The molecule has 0 atom stereocenters. The van der Waals surface area contributed by atoms with Gasteiger partial charge in [-0.05, 0) is 21.8 Å². The predicted molar refractivity (Wildman–Crippen MR) is 109 cm³/mol. The zero-order chi connectivity index (χ0) is 18.2. The van der Waals surface area contributed by atoms with Crippen LogP contribution in [-0.2, 0) is 9.16 Å². The van der Waals surface area contributed by atoms with E-state index in [4.69, 9.17) is 9.16 Å². The Morgan fingerprint density at radius 2 is 1.28 bits per heavy atom. The lowest BCUT2D eigenvalue weighted by Crippen LogP contribution is -2.66. The molecule has 0 aliphatic heterocycles. The molecule has 0 fully saturated rings.